The van der Waals surface area contributed by atoms with Gasteiger partial charge >= 0.3 is 23.9 Å². The van der Waals surface area contributed by atoms with Crippen LogP contribution in [0, 0.1) is 13.8 Å². The Hall–Kier alpha value is -2.42. The lowest BCUT2D eigenvalue weighted by Crippen LogP contribution is -2.37. The molecule has 0 N–H and O–H groups in total. The van der Waals surface area contributed by atoms with E-state index >= 15 is 0 Å². The Balaban J connectivity index is 2.38. The van der Waals surface area contributed by atoms with Crippen LogP contribution in [0.3, 0.4) is 0 Å². The number of thiophene rings is 1. The van der Waals surface area contributed by atoms with E-state index in [0.717, 1.165) is 10.4 Å². The van der Waals surface area contributed by atoms with Gasteiger partial charge in [-0.15, -0.1) is 11.3 Å². The quantitative estimate of drug-likeness (QED) is 0.290. The Morgan fingerprint density at radius 1 is 0.844 bits per heavy atom. The molecule has 0 bridgehead atoms. The molecule has 1 aromatic heterocycles. The molecular formula is C23H32O8S. The van der Waals surface area contributed by atoms with E-state index in [1.54, 1.807) is 0 Å². The van der Waals surface area contributed by atoms with Gasteiger partial charge in [-0.2, -0.15) is 0 Å². The van der Waals surface area contributed by atoms with Gasteiger partial charge in [0.15, 0.2) is 6.10 Å². The van der Waals surface area contributed by atoms with Gasteiger partial charge < -0.3 is 9.47 Å². The normalized spacial score (nSPS) is 19.6. The molecule has 1 aliphatic rings. The molecule has 8 nitrogen and oxygen atoms in total. The Labute approximate surface area is 192 Å². The van der Waals surface area contributed by atoms with E-state index in [9.17, 15) is 19.2 Å². The zero-order valence-electron chi connectivity index (χ0n) is 19.4. The Bertz CT molecular complexity index is 843. The Kier molecular flexibility index (Phi) is 9.68. The average molecular weight is 469 g/mol. The van der Waals surface area contributed by atoms with Crippen molar-refractivity contribution in [2.24, 2.45) is 0 Å². The molecule has 1 aromatic rings. The second-order valence-electron chi connectivity index (χ2n) is 7.90. The summed E-state index contributed by atoms with van der Waals surface area (Å²) < 4.78 is 11.4. The monoisotopic (exact) mass is 468 g/mol. The number of ether oxygens (including phenoxy) is 2. The van der Waals surface area contributed by atoms with E-state index < -0.39 is 42.0 Å². The number of rotatable bonds is 9. The SMILES string of the molecule is CCCC(=O)OOC(=O)[C@@H]1C[C@@H](OC(=O)CCC)[C@H](OC(=O)CCC)c2sc(C)c(C)c21. The lowest BCUT2D eigenvalue weighted by atomic mass is 9.82. The molecule has 1 heterocycles. The standard InChI is InChI=1S/C23H32O8S/c1-6-9-17(24)28-16-12-15(23(27)31-30-19(26)11-8-3)20-13(4)14(5)32-22(20)21(16)29-18(25)10-7-2/h15-16,21H,6-12H2,1-5H3/t15-,16-,21+/m1/s1. The summed E-state index contributed by atoms with van der Waals surface area (Å²) in [5, 5.41) is 0. The highest BCUT2D eigenvalue weighted by Crippen LogP contribution is 2.48. The van der Waals surface area contributed by atoms with Gasteiger partial charge in [-0.3, -0.25) is 9.59 Å². The van der Waals surface area contributed by atoms with Gasteiger partial charge in [0, 0.05) is 30.6 Å². The maximum atomic E-state index is 12.9. The third-order valence-electron chi connectivity index (χ3n) is 5.28. The zero-order chi connectivity index (χ0) is 23.8. The third kappa shape index (κ3) is 6.31. The smallest absolute Gasteiger partial charge is 0.363 e. The number of carbonyl (C=O) groups excluding carboxylic acids is 4. The van der Waals surface area contributed by atoms with Crippen molar-refractivity contribution < 1.29 is 38.4 Å². The number of hydrogen-bond donors (Lipinski definition) is 0. The fraction of sp³-hybridized carbons (Fsp3) is 0.652. The van der Waals surface area contributed by atoms with Gasteiger partial charge in [0.2, 0.25) is 0 Å². The lowest BCUT2D eigenvalue weighted by molar-refractivity contribution is -0.261. The van der Waals surface area contributed by atoms with E-state index in [1.807, 2.05) is 34.6 Å². The van der Waals surface area contributed by atoms with Crippen LogP contribution < -0.4 is 0 Å². The van der Waals surface area contributed by atoms with E-state index in [0.29, 0.717) is 29.7 Å². The molecule has 178 valence electrons. The van der Waals surface area contributed by atoms with Crippen LogP contribution in [0.2, 0.25) is 0 Å². The molecule has 0 amide bonds. The highest BCUT2D eigenvalue weighted by atomic mass is 32.1. The van der Waals surface area contributed by atoms with E-state index in [1.165, 1.54) is 11.3 Å². The highest BCUT2D eigenvalue weighted by molar-refractivity contribution is 7.12. The molecule has 3 atom stereocenters. The summed E-state index contributed by atoms with van der Waals surface area (Å²) in [6, 6.07) is 0. The van der Waals surface area contributed by atoms with Crippen LogP contribution >= 0.6 is 11.3 Å². The summed E-state index contributed by atoms with van der Waals surface area (Å²) in [5.74, 6) is -3.01. The molecule has 0 aliphatic heterocycles. The average Bonchev–Trinajstić information content (AvgIpc) is 3.03. The van der Waals surface area contributed by atoms with E-state index in [4.69, 9.17) is 14.4 Å². The summed E-state index contributed by atoms with van der Waals surface area (Å²) in [5.41, 5.74) is 1.56. The Morgan fingerprint density at radius 3 is 2.00 bits per heavy atom. The number of carbonyl (C=O) groups is 4. The van der Waals surface area contributed by atoms with Crippen LogP contribution in [0.25, 0.3) is 0 Å². The molecular weight excluding hydrogens is 436 g/mol. The van der Waals surface area contributed by atoms with Crippen LogP contribution in [0.5, 0.6) is 0 Å². The topological polar surface area (TPSA) is 105 Å². The predicted molar refractivity (Wildman–Crippen MR) is 117 cm³/mol. The fourth-order valence-electron chi connectivity index (χ4n) is 3.64. The van der Waals surface area contributed by atoms with Crippen LogP contribution in [-0.4, -0.2) is 30.0 Å². The van der Waals surface area contributed by atoms with Crippen molar-refractivity contribution in [1.29, 1.82) is 0 Å². The molecule has 0 saturated heterocycles. The highest BCUT2D eigenvalue weighted by Gasteiger charge is 2.46. The molecule has 0 fully saturated rings. The van der Waals surface area contributed by atoms with Crippen LogP contribution in [0.15, 0.2) is 0 Å². The largest absolute Gasteiger partial charge is 0.458 e. The molecule has 0 radical (unpaired) electrons. The minimum Gasteiger partial charge on any atom is -0.458 e. The van der Waals surface area contributed by atoms with E-state index in [-0.39, 0.29) is 25.7 Å². The molecule has 9 heteroatoms. The van der Waals surface area contributed by atoms with Gasteiger partial charge in [-0.25, -0.2) is 19.4 Å². The van der Waals surface area contributed by atoms with Gasteiger partial charge in [0.1, 0.15) is 6.10 Å². The van der Waals surface area contributed by atoms with Crippen molar-refractivity contribution in [3.63, 3.8) is 0 Å². The molecule has 0 aromatic carbocycles. The number of fused-ring (bicyclic) bond motifs is 1. The minimum absolute atomic E-state index is 0.0632. The molecule has 0 unspecified atom stereocenters. The molecule has 0 spiro atoms. The molecule has 32 heavy (non-hydrogen) atoms. The predicted octanol–water partition coefficient (Wildman–Crippen LogP) is 4.75. The first-order valence-electron chi connectivity index (χ1n) is 11.1. The van der Waals surface area contributed by atoms with Gasteiger partial charge in [-0.1, -0.05) is 20.8 Å². The van der Waals surface area contributed by atoms with Crippen molar-refractivity contribution in [3.8, 4) is 0 Å². The van der Waals surface area contributed by atoms with Gasteiger partial charge in [0.05, 0.1) is 10.8 Å². The molecule has 2 rings (SSSR count). The summed E-state index contributed by atoms with van der Waals surface area (Å²) in [7, 11) is 0. The first kappa shape index (κ1) is 25.8. The zero-order valence-corrected chi connectivity index (χ0v) is 20.2. The number of aryl methyl sites for hydroxylation is 1. The van der Waals surface area contributed by atoms with E-state index in [2.05, 4.69) is 4.89 Å². The van der Waals surface area contributed by atoms with Gasteiger partial charge in [-0.05, 0) is 44.2 Å². The molecule has 0 saturated carbocycles. The summed E-state index contributed by atoms with van der Waals surface area (Å²) in [6.45, 7) is 9.32. The summed E-state index contributed by atoms with van der Waals surface area (Å²) in [4.78, 5) is 60.2. The summed E-state index contributed by atoms with van der Waals surface area (Å²) in [6.07, 6.45) is 0.798. The lowest BCUT2D eigenvalue weighted by Gasteiger charge is -2.34. The van der Waals surface area contributed by atoms with Crippen molar-refractivity contribution in [1.82, 2.24) is 0 Å². The maximum absolute atomic E-state index is 12.9. The second kappa shape index (κ2) is 12.0. The van der Waals surface area contributed by atoms with Crippen LogP contribution in [0.1, 0.15) is 98.6 Å². The van der Waals surface area contributed by atoms with Crippen molar-refractivity contribution >= 4 is 35.2 Å². The maximum Gasteiger partial charge on any atom is 0.363 e. The second-order valence-corrected chi connectivity index (χ2v) is 9.15. The summed E-state index contributed by atoms with van der Waals surface area (Å²) >= 11 is 1.40. The third-order valence-corrected chi connectivity index (χ3v) is 6.56. The Morgan fingerprint density at radius 2 is 1.41 bits per heavy atom. The van der Waals surface area contributed by atoms with Gasteiger partial charge in [0.25, 0.3) is 0 Å². The number of hydrogen-bond acceptors (Lipinski definition) is 9. The first-order chi connectivity index (χ1) is 15.2. The first-order valence-corrected chi connectivity index (χ1v) is 11.9. The number of esters is 2. The van der Waals surface area contributed by atoms with Crippen LogP contribution in [0.4, 0.5) is 0 Å². The minimum atomic E-state index is -0.844. The van der Waals surface area contributed by atoms with Crippen molar-refractivity contribution in [2.75, 3.05) is 0 Å². The van der Waals surface area contributed by atoms with Crippen molar-refractivity contribution in [2.45, 2.75) is 97.7 Å². The fourth-order valence-corrected chi connectivity index (χ4v) is 4.95. The van der Waals surface area contributed by atoms with Crippen molar-refractivity contribution in [3.05, 3.63) is 20.9 Å². The van der Waals surface area contributed by atoms with Crippen LogP contribution in [-0.2, 0) is 38.4 Å². The molecule has 1 aliphatic carbocycles.